The molecule has 1 amide bonds. The van der Waals surface area contributed by atoms with Gasteiger partial charge in [-0.2, -0.15) is 0 Å². The third-order valence-electron chi connectivity index (χ3n) is 4.81. The number of carbonyl (C=O) groups excluding carboxylic acids is 1. The van der Waals surface area contributed by atoms with Gasteiger partial charge in [0.1, 0.15) is 5.75 Å². The average molecular weight is 377 g/mol. The number of fused-ring (bicyclic) bond motifs is 3. The number of anilines is 1. The van der Waals surface area contributed by atoms with Gasteiger partial charge in [-0.1, -0.05) is 30.7 Å². The second-order valence-electron chi connectivity index (χ2n) is 7.02. The van der Waals surface area contributed by atoms with E-state index in [4.69, 9.17) is 9.97 Å². The topological polar surface area (TPSA) is 75.1 Å². The van der Waals surface area contributed by atoms with Crippen molar-refractivity contribution in [1.82, 2.24) is 9.97 Å². The van der Waals surface area contributed by atoms with Crippen molar-refractivity contribution in [1.29, 1.82) is 0 Å². The van der Waals surface area contributed by atoms with E-state index in [1.807, 2.05) is 19.1 Å². The first-order valence-electron chi connectivity index (χ1n) is 9.83. The summed E-state index contributed by atoms with van der Waals surface area (Å²) in [5, 5.41) is 12.6. The number of carbonyl (C=O) groups is 1. The number of aryl methyl sites for hydroxylation is 3. The quantitative estimate of drug-likeness (QED) is 0.712. The van der Waals surface area contributed by atoms with Crippen LogP contribution in [0.3, 0.4) is 0 Å². The summed E-state index contributed by atoms with van der Waals surface area (Å²) in [6.07, 6.45) is 10.4. The lowest BCUT2D eigenvalue weighted by molar-refractivity contribution is -0.114. The molecular formula is C23H27N3O2. The van der Waals surface area contributed by atoms with E-state index in [0.29, 0.717) is 12.2 Å². The van der Waals surface area contributed by atoms with Gasteiger partial charge in [-0.3, -0.25) is 4.79 Å². The van der Waals surface area contributed by atoms with Crippen LogP contribution in [-0.4, -0.2) is 21.0 Å². The Morgan fingerprint density at radius 3 is 2.82 bits per heavy atom. The summed E-state index contributed by atoms with van der Waals surface area (Å²) >= 11 is 0. The number of aromatic hydroxyl groups is 1. The lowest BCUT2D eigenvalue weighted by Crippen LogP contribution is -2.16. The highest BCUT2D eigenvalue weighted by Gasteiger charge is 2.22. The van der Waals surface area contributed by atoms with Crippen LogP contribution in [-0.2, 0) is 24.1 Å². The number of nitrogens with zero attached hydrogens (tertiary/aromatic N) is 2. The minimum absolute atomic E-state index is 0.144. The molecule has 0 fully saturated rings. The first-order chi connectivity index (χ1) is 13.5. The fourth-order valence-corrected chi connectivity index (χ4v) is 3.60. The van der Waals surface area contributed by atoms with Crippen molar-refractivity contribution < 1.29 is 9.90 Å². The first kappa shape index (κ1) is 19.8. The molecule has 1 aliphatic carbocycles. The van der Waals surface area contributed by atoms with E-state index in [1.54, 1.807) is 12.1 Å². The van der Waals surface area contributed by atoms with E-state index in [0.717, 1.165) is 53.9 Å². The van der Waals surface area contributed by atoms with Gasteiger partial charge in [0.15, 0.2) is 5.82 Å². The molecular weight excluding hydrogens is 350 g/mol. The Kier molecular flexibility index (Phi) is 6.24. The molecule has 0 unspecified atom stereocenters. The third kappa shape index (κ3) is 4.47. The summed E-state index contributed by atoms with van der Waals surface area (Å²) in [6, 6.07) is 5.39. The summed E-state index contributed by atoms with van der Waals surface area (Å²) in [5.41, 5.74) is 5.89. The number of benzene rings is 1. The SMILES string of the molecule is C/C=C\C(=C/CC)CCc1nc2c(nc1NC(C)=O)CCc1cc(O)ccc1-2. The number of amides is 1. The van der Waals surface area contributed by atoms with Crippen LogP contribution < -0.4 is 5.32 Å². The fourth-order valence-electron chi connectivity index (χ4n) is 3.60. The van der Waals surface area contributed by atoms with Crippen molar-refractivity contribution >= 4 is 11.7 Å². The van der Waals surface area contributed by atoms with Crippen LogP contribution in [0, 0.1) is 0 Å². The van der Waals surface area contributed by atoms with E-state index >= 15 is 0 Å². The van der Waals surface area contributed by atoms with E-state index in [9.17, 15) is 9.90 Å². The Morgan fingerprint density at radius 2 is 2.11 bits per heavy atom. The molecule has 3 rings (SSSR count). The average Bonchev–Trinajstić information content (AvgIpc) is 2.65. The van der Waals surface area contributed by atoms with Gasteiger partial charge < -0.3 is 10.4 Å². The molecule has 2 aromatic rings. The standard InChI is InChI=1S/C23H27N3O2/c1-4-6-16(7-5-2)8-12-21-23(24-15(3)27)26-20-13-9-17-14-18(28)10-11-19(17)22(20)25-21/h4,6-7,10-11,14,28H,5,8-9,12-13H2,1-3H3,(H,24,26,27)/b6-4-,16-7+. The smallest absolute Gasteiger partial charge is 0.222 e. The number of aromatic nitrogens is 2. The van der Waals surface area contributed by atoms with E-state index in [1.165, 1.54) is 12.5 Å². The highest BCUT2D eigenvalue weighted by Crippen LogP contribution is 2.34. The van der Waals surface area contributed by atoms with Crippen LogP contribution in [0.2, 0.25) is 0 Å². The number of nitrogens with one attached hydrogen (secondary N) is 1. The molecule has 0 bridgehead atoms. The van der Waals surface area contributed by atoms with Gasteiger partial charge in [0.25, 0.3) is 0 Å². The maximum absolute atomic E-state index is 11.7. The third-order valence-corrected chi connectivity index (χ3v) is 4.81. The predicted molar refractivity (Wildman–Crippen MR) is 112 cm³/mol. The number of phenolic OH excluding ortho intramolecular Hbond substituents is 1. The zero-order valence-corrected chi connectivity index (χ0v) is 16.7. The molecule has 1 heterocycles. The number of hydrogen-bond donors (Lipinski definition) is 2. The van der Waals surface area contributed by atoms with Crippen molar-refractivity contribution in [2.75, 3.05) is 5.32 Å². The van der Waals surface area contributed by atoms with Gasteiger partial charge in [0.05, 0.1) is 17.1 Å². The normalized spacial score (nSPS) is 13.3. The van der Waals surface area contributed by atoms with Gasteiger partial charge in [0.2, 0.25) is 5.91 Å². The second kappa shape index (κ2) is 8.83. The van der Waals surface area contributed by atoms with Crippen molar-refractivity contribution in [3.8, 4) is 17.0 Å². The van der Waals surface area contributed by atoms with Gasteiger partial charge in [-0.25, -0.2) is 9.97 Å². The minimum atomic E-state index is -0.144. The van der Waals surface area contributed by atoms with Gasteiger partial charge in [0, 0.05) is 12.5 Å². The molecule has 28 heavy (non-hydrogen) atoms. The summed E-state index contributed by atoms with van der Waals surface area (Å²) in [4.78, 5) is 21.4. The molecule has 5 heteroatoms. The fraction of sp³-hybridized carbons (Fsp3) is 0.348. The van der Waals surface area contributed by atoms with Crippen molar-refractivity contribution in [3.63, 3.8) is 0 Å². The molecule has 0 spiro atoms. The molecule has 0 saturated carbocycles. The van der Waals surface area contributed by atoms with Crippen LogP contribution in [0.4, 0.5) is 5.82 Å². The summed E-state index contributed by atoms with van der Waals surface area (Å²) in [6.45, 7) is 5.62. The Balaban J connectivity index is 2.00. The van der Waals surface area contributed by atoms with Gasteiger partial charge in [-0.05, 0) is 62.8 Å². The summed E-state index contributed by atoms with van der Waals surface area (Å²) in [7, 11) is 0. The minimum Gasteiger partial charge on any atom is -0.508 e. The van der Waals surface area contributed by atoms with Gasteiger partial charge in [-0.15, -0.1) is 0 Å². The monoisotopic (exact) mass is 377 g/mol. The molecule has 146 valence electrons. The van der Waals surface area contributed by atoms with Crippen molar-refractivity contribution in [2.45, 2.75) is 52.9 Å². The molecule has 2 N–H and O–H groups in total. The second-order valence-corrected chi connectivity index (χ2v) is 7.02. The van der Waals surface area contributed by atoms with Crippen molar-refractivity contribution in [2.24, 2.45) is 0 Å². The molecule has 5 nitrogen and oxygen atoms in total. The maximum Gasteiger partial charge on any atom is 0.222 e. The number of allylic oxidation sites excluding steroid dienone is 4. The zero-order valence-electron chi connectivity index (χ0n) is 16.7. The van der Waals surface area contributed by atoms with Crippen LogP contribution in [0.25, 0.3) is 11.3 Å². The lowest BCUT2D eigenvalue weighted by atomic mass is 9.91. The van der Waals surface area contributed by atoms with Crippen LogP contribution in [0.1, 0.15) is 50.6 Å². The number of rotatable bonds is 6. The largest absolute Gasteiger partial charge is 0.508 e. The van der Waals surface area contributed by atoms with E-state index in [2.05, 4.69) is 24.4 Å². The Hall–Kier alpha value is -2.95. The molecule has 0 aliphatic heterocycles. The van der Waals surface area contributed by atoms with E-state index in [-0.39, 0.29) is 11.7 Å². The summed E-state index contributed by atoms with van der Waals surface area (Å²) in [5.74, 6) is 0.685. The van der Waals surface area contributed by atoms with Crippen LogP contribution >= 0.6 is 0 Å². The Morgan fingerprint density at radius 1 is 1.29 bits per heavy atom. The zero-order chi connectivity index (χ0) is 20.1. The molecule has 0 saturated heterocycles. The maximum atomic E-state index is 11.7. The first-order valence-corrected chi connectivity index (χ1v) is 9.83. The Bertz CT molecular complexity index is 945. The highest BCUT2D eigenvalue weighted by molar-refractivity contribution is 5.88. The lowest BCUT2D eigenvalue weighted by Gasteiger charge is -2.21. The van der Waals surface area contributed by atoms with Gasteiger partial charge >= 0.3 is 0 Å². The summed E-state index contributed by atoms with van der Waals surface area (Å²) < 4.78 is 0. The van der Waals surface area contributed by atoms with Crippen molar-refractivity contribution in [3.05, 3.63) is 59.0 Å². The van der Waals surface area contributed by atoms with Crippen LogP contribution in [0.15, 0.2) is 42.0 Å². The molecule has 1 aliphatic rings. The molecule has 0 atom stereocenters. The van der Waals surface area contributed by atoms with E-state index < -0.39 is 0 Å². The number of phenols is 1. The molecule has 0 radical (unpaired) electrons. The Labute approximate surface area is 166 Å². The highest BCUT2D eigenvalue weighted by atomic mass is 16.3. The predicted octanol–water partition coefficient (Wildman–Crippen LogP) is 4.75. The molecule has 1 aromatic heterocycles. The molecule has 1 aromatic carbocycles. The van der Waals surface area contributed by atoms with Crippen LogP contribution in [0.5, 0.6) is 5.75 Å². The number of hydrogen-bond acceptors (Lipinski definition) is 4.